The van der Waals surface area contributed by atoms with Crippen LogP contribution in [0.15, 0.2) is 45.7 Å². The van der Waals surface area contributed by atoms with Crippen LogP contribution in [0.25, 0.3) is 0 Å². The zero-order valence-corrected chi connectivity index (χ0v) is 17.6. The maximum Gasteiger partial charge on any atom is 0.409 e. The molecule has 1 aromatic carbocycles. The number of benzene rings is 1. The van der Waals surface area contributed by atoms with E-state index in [1.807, 2.05) is 0 Å². The Morgan fingerprint density at radius 2 is 2.03 bits per heavy atom. The molecule has 156 valence electrons. The van der Waals surface area contributed by atoms with Gasteiger partial charge in [0.15, 0.2) is 5.76 Å². The minimum Gasteiger partial charge on any atom is -0.455 e. The molecule has 2 amide bonds. The normalized spacial score (nSPS) is 15.7. The molecule has 1 atom stereocenters. The van der Waals surface area contributed by atoms with E-state index in [2.05, 4.69) is 5.32 Å². The van der Waals surface area contributed by atoms with E-state index in [4.69, 9.17) is 20.8 Å². The number of carbonyl (C=O) groups is 2. The fraction of sp³-hybridized carbons (Fsp3) is 0.400. The van der Waals surface area contributed by atoms with Crippen molar-refractivity contribution in [1.82, 2.24) is 10.2 Å². The number of nitrogens with one attached hydrogen (secondary N) is 1. The van der Waals surface area contributed by atoms with Gasteiger partial charge in [-0.15, -0.1) is 0 Å². The van der Waals surface area contributed by atoms with Crippen LogP contribution in [0.2, 0.25) is 5.02 Å². The SMILES string of the molecule is CCOC(=O)N1CCC(NC(=O)c2ccc(C[S@@](=O)c3cccc(Cl)c3)o2)CC1. The van der Waals surface area contributed by atoms with E-state index in [0.717, 1.165) is 0 Å². The number of halogens is 1. The first kappa shape index (κ1) is 21.4. The molecule has 0 aliphatic carbocycles. The summed E-state index contributed by atoms with van der Waals surface area (Å²) < 4.78 is 23.0. The van der Waals surface area contributed by atoms with Crippen molar-refractivity contribution in [1.29, 1.82) is 0 Å². The highest BCUT2D eigenvalue weighted by atomic mass is 35.5. The number of rotatable bonds is 6. The van der Waals surface area contributed by atoms with Crippen LogP contribution in [-0.4, -0.2) is 46.8 Å². The molecule has 3 rings (SSSR count). The van der Waals surface area contributed by atoms with E-state index >= 15 is 0 Å². The topological polar surface area (TPSA) is 88.9 Å². The number of carbonyl (C=O) groups excluding carboxylic acids is 2. The molecule has 1 aliphatic rings. The molecule has 0 bridgehead atoms. The lowest BCUT2D eigenvalue weighted by Crippen LogP contribution is -2.46. The summed E-state index contributed by atoms with van der Waals surface area (Å²) in [4.78, 5) is 26.4. The summed E-state index contributed by atoms with van der Waals surface area (Å²) in [6.07, 6.45) is 0.981. The lowest BCUT2D eigenvalue weighted by Gasteiger charge is -2.31. The Hall–Kier alpha value is -2.32. The first-order valence-electron chi connectivity index (χ1n) is 9.41. The molecule has 1 saturated heterocycles. The van der Waals surface area contributed by atoms with Gasteiger partial charge in [0, 0.05) is 29.0 Å². The summed E-state index contributed by atoms with van der Waals surface area (Å²) in [5.41, 5.74) is 0. The Balaban J connectivity index is 1.51. The summed E-state index contributed by atoms with van der Waals surface area (Å²) in [5, 5.41) is 3.45. The minimum absolute atomic E-state index is 0.0395. The lowest BCUT2D eigenvalue weighted by molar-refractivity contribution is 0.0839. The molecule has 1 N–H and O–H groups in total. The second kappa shape index (κ2) is 9.93. The number of hydrogen-bond donors (Lipinski definition) is 1. The highest BCUT2D eigenvalue weighted by Gasteiger charge is 2.25. The van der Waals surface area contributed by atoms with Crippen LogP contribution >= 0.6 is 11.6 Å². The molecule has 2 aromatic rings. The van der Waals surface area contributed by atoms with Crippen molar-refractivity contribution in [2.24, 2.45) is 0 Å². The molecule has 7 nitrogen and oxygen atoms in total. The molecule has 0 saturated carbocycles. The Labute approximate surface area is 176 Å². The average Bonchev–Trinajstić information content (AvgIpc) is 3.17. The number of furan rings is 1. The van der Waals surface area contributed by atoms with Crippen LogP contribution in [0, 0.1) is 0 Å². The minimum atomic E-state index is -1.32. The fourth-order valence-electron chi connectivity index (χ4n) is 3.08. The standard InChI is InChI=1S/C20H23ClN2O5S/c1-2-27-20(25)23-10-8-15(9-11-23)22-19(24)18-7-6-16(28-18)13-29(26)17-5-3-4-14(21)12-17/h3-7,12,15H,2,8-11,13H2,1H3,(H,22,24)/t29-/m1/s1. The van der Waals surface area contributed by atoms with Crippen molar-refractivity contribution in [3.8, 4) is 0 Å². The van der Waals surface area contributed by atoms with Gasteiger partial charge in [0.1, 0.15) is 5.76 Å². The van der Waals surface area contributed by atoms with Crippen LogP contribution in [0.4, 0.5) is 4.79 Å². The Kier molecular flexibility index (Phi) is 7.33. The monoisotopic (exact) mass is 438 g/mol. The Morgan fingerprint density at radius 3 is 2.72 bits per heavy atom. The van der Waals surface area contributed by atoms with E-state index in [0.29, 0.717) is 48.2 Å². The third-order valence-electron chi connectivity index (χ3n) is 4.57. The zero-order valence-electron chi connectivity index (χ0n) is 16.1. The summed E-state index contributed by atoms with van der Waals surface area (Å²) >= 11 is 5.93. The zero-order chi connectivity index (χ0) is 20.8. The van der Waals surface area contributed by atoms with Gasteiger partial charge in [-0.1, -0.05) is 17.7 Å². The Bertz CT molecular complexity index is 893. The second-order valence-electron chi connectivity index (χ2n) is 6.65. The number of likely N-dealkylation sites (tertiary alicyclic amines) is 1. The van der Waals surface area contributed by atoms with Crippen molar-refractivity contribution in [2.45, 2.75) is 36.5 Å². The number of amides is 2. The van der Waals surface area contributed by atoms with E-state index < -0.39 is 10.8 Å². The molecule has 2 heterocycles. The molecule has 1 aliphatic heterocycles. The van der Waals surface area contributed by atoms with Crippen LogP contribution in [0.3, 0.4) is 0 Å². The first-order valence-corrected chi connectivity index (χ1v) is 11.1. The summed E-state index contributed by atoms with van der Waals surface area (Å²) in [6, 6.07) is 10.0. The molecule has 0 unspecified atom stereocenters. The van der Waals surface area contributed by atoms with Gasteiger partial charge in [-0.2, -0.15) is 0 Å². The van der Waals surface area contributed by atoms with E-state index in [1.54, 1.807) is 48.2 Å². The number of piperidine rings is 1. The molecule has 0 radical (unpaired) electrons. The van der Waals surface area contributed by atoms with Crippen molar-refractivity contribution < 1.29 is 23.0 Å². The van der Waals surface area contributed by atoms with Gasteiger partial charge >= 0.3 is 6.09 Å². The molecule has 0 spiro atoms. The summed E-state index contributed by atoms with van der Waals surface area (Å²) in [6.45, 7) is 3.18. The third-order valence-corrected chi connectivity index (χ3v) is 6.14. The van der Waals surface area contributed by atoms with Gasteiger partial charge in [0.25, 0.3) is 5.91 Å². The average molecular weight is 439 g/mol. The molecular weight excluding hydrogens is 416 g/mol. The lowest BCUT2D eigenvalue weighted by atomic mass is 10.1. The van der Waals surface area contributed by atoms with Crippen molar-refractivity contribution in [2.75, 3.05) is 19.7 Å². The van der Waals surface area contributed by atoms with Crippen LogP contribution in [-0.2, 0) is 21.3 Å². The molecule has 9 heteroatoms. The Morgan fingerprint density at radius 1 is 1.28 bits per heavy atom. The van der Waals surface area contributed by atoms with Gasteiger partial charge in [-0.3, -0.25) is 9.00 Å². The van der Waals surface area contributed by atoms with Crippen LogP contribution in [0.1, 0.15) is 36.1 Å². The third kappa shape index (κ3) is 5.83. The van der Waals surface area contributed by atoms with E-state index in [1.165, 1.54) is 0 Å². The number of nitrogens with zero attached hydrogens (tertiary/aromatic N) is 1. The van der Waals surface area contributed by atoms with Crippen molar-refractivity contribution in [3.63, 3.8) is 0 Å². The van der Waals surface area contributed by atoms with Crippen molar-refractivity contribution in [3.05, 3.63) is 52.9 Å². The molecule has 1 aromatic heterocycles. The predicted octanol–water partition coefficient (Wildman–Crippen LogP) is 3.59. The maximum atomic E-state index is 12.4. The van der Waals surface area contributed by atoms with Crippen molar-refractivity contribution >= 4 is 34.4 Å². The van der Waals surface area contributed by atoms with Gasteiger partial charge in [0.05, 0.1) is 23.2 Å². The predicted molar refractivity (Wildman–Crippen MR) is 109 cm³/mol. The van der Waals surface area contributed by atoms with E-state index in [-0.39, 0.29) is 29.6 Å². The van der Waals surface area contributed by atoms with Crippen LogP contribution < -0.4 is 5.32 Å². The second-order valence-corrected chi connectivity index (χ2v) is 8.53. The fourth-order valence-corrected chi connectivity index (χ4v) is 4.40. The number of ether oxygens (including phenoxy) is 1. The highest BCUT2D eigenvalue weighted by molar-refractivity contribution is 7.84. The van der Waals surface area contributed by atoms with Gasteiger partial charge < -0.3 is 19.4 Å². The smallest absolute Gasteiger partial charge is 0.409 e. The highest BCUT2D eigenvalue weighted by Crippen LogP contribution is 2.19. The summed E-state index contributed by atoms with van der Waals surface area (Å²) in [7, 11) is -1.32. The first-order chi connectivity index (χ1) is 14.0. The van der Waals surface area contributed by atoms with Gasteiger partial charge in [0.2, 0.25) is 0 Å². The quantitative estimate of drug-likeness (QED) is 0.744. The van der Waals surface area contributed by atoms with Gasteiger partial charge in [-0.25, -0.2) is 4.79 Å². The molecule has 1 fully saturated rings. The summed E-state index contributed by atoms with van der Waals surface area (Å²) in [5.74, 6) is 0.479. The van der Waals surface area contributed by atoms with E-state index in [9.17, 15) is 13.8 Å². The maximum absolute atomic E-state index is 12.4. The number of hydrogen-bond acceptors (Lipinski definition) is 5. The largest absolute Gasteiger partial charge is 0.455 e. The molecule has 29 heavy (non-hydrogen) atoms. The van der Waals surface area contributed by atoms with Gasteiger partial charge in [-0.05, 0) is 50.1 Å². The molecular formula is C20H23ClN2O5S. The van der Waals surface area contributed by atoms with Crippen LogP contribution in [0.5, 0.6) is 0 Å².